The highest BCUT2D eigenvalue weighted by atomic mass is 16.5. The topological polar surface area (TPSA) is 75.6 Å². The highest BCUT2D eigenvalue weighted by molar-refractivity contribution is 5.96. The van der Waals surface area contributed by atoms with E-state index in [0.29, 0.717) is 24.3 Å². The molecule has 0 bridgehead atoms. The minimum atomic E-state index is -0.884. The van der Waals surface area contributed by atoms with Gasteiger partial charge in [-0.05, 0) is 36.0 Å². The summed E-state index contributed by atoms with van der Waals surface area (Å²) in [6, 6.07) is 5.73. The molecule has 2 unspecified atom stereocenters. The molecule has 5 nitrogen and oxygen atoms in total. The van der Waals surface area contributed by atoms with Gasteiger partial charge in [-0.2, -0.15) is 0 Å². The number of methoxy groups -OCH3 is 1. The van der Waals surface area contributed by atoms with Crippen molar-refractivity contribution in [2.24, 2.45) is 11.8 Å². The van der Waals surface area contributed by atoms with Gasteiger partial charge in [-0.25, -0.2) is 0 Å². The molecule has 2 N–H and O–H groups in total. The first-order chi connectivity index (χ1) is 11.2. The fourth-order valence-electron chi connectivity index (χ4n) is 3.24. The number of carboxylic acids is 1. The molecule has 0 saturated heterocycles. The minimum Gasteiger partial charge on any atom is -0.495 e. The molecule has 2 rings (SSSR count). The maximum Gasteiger partial charge on any atom is 0.307 e. The molecule has 132 valence electrons. The van der Waals surface area contributed by atoms with Crippen LogP contribution in [0, 0.1) is 11.8 Å². The summed E-state index contributed by atoms with van der Waals surface area (Å²) in [5.74, 6) is -1.62. The van der Waals surface area contributed by atoms with Gasteiger partial charge in [0.05, 0.1) is 24.6 Å². The van der Waals surface area contributed by atoms with Crippen molar-refractivity contribution in [1.82, 2.24) is 0 Å². The zero-order valence-electron chi connectivity index (χ0n) is 14.9. The SMILES string of the molecule is COc1ccc(C(C)(C)C)cc1NC(=O)C1CCCCC1C(=O)O. The Kier molecular flexibility index (Phi) is 5.52. The molecule has 0 heterocycles. The summed E-state index contributed by atoms with van der Waals surface area (Å²) in [5, 5.41) is 12.3. The Morgan fingerprint density at radius 3 is 2.33 bits per heavy atom. The van der Waals surface area contributed by atoms with E-state index in [1.807, 2.05) is 18.2 Å². The molecule has 1 saturated carbocycles. The molecule has 1 aliphatic carbocycles. The summed E-state index contributed by atoms with van der Waals surface area (Å²) >= 11 is 0. The molecule has 1 aromatic rings. The van der Waals surface area contributed by atoms with Crippen LogP contribution in [0.4, 0.5) is 5.69 Å². The predicted octanol–water partition coefficient (Wildman–Crippen LogP) is 3.82. The van der Waals surface area contributed by atoms with Gasteiger partial charge in [0.25, 0.3) is 0 Å². The third-order valence-corrected chi connectivity index (χ3v) is 4.74. The second-order valence-corrected chi connectivity index (χ2v) is 7.49. The smallest absolute Gasteiger partial charge is 0.307 e. The third kappa shape index (κ3) is 4.08. The van der Waals surface area contributed by atoms with E-state index in [4.69, 9.17) is 4.74 Å². The molecule has 1 fully saturated rings. The molecule has 0 radical (unpaired) electrons. The number of hydrogen-bond acceptors (Lipinski definition) is 3. The number of rotatable bonds is 4. The highest BCUT2D eigenvalue weighted by Crippen LogP contribution is 2.34. The van der Waals surface area contributed by atoms with Crippen molar-refractivity contribution in [3.63, 3.8) is 0 Å². The third-order valence-electron chi connectivity index (χ3n) is 4.74. The number of carbonyl (C=O) groups is 2. The van der Waals surface area contributed by atoms with Crippen LogP contribution in [0.3, 0.4) is 0 Å². The molecule has 1 aromatic carbocycles. The molecule has 24 heavy (non-hydrogen) atoms. The first kappa shape index (κ1) is 18.3. The number of carboxylic acid groups (broad SMARTS) is 1. The number of carbonyl (C=O) groups excluding carboxylic acids is 1. The fraction of sp³-hybridized carbons (Fsp3) is 0.579. The lowest BCUT2D eigenvalue weighted by atomic mass is 9.78. The predicted molar refractivity (Wildman–Crippen MR) is 93.4 cm³/mol. The standard InChI is InChI=1S/C19H27NO4/c1-19(2,3)12-9-10-16(24-4)15(11-12)20-17(21)13-7-5-6-8-14(13)18(22)23/h9-11,13-14H,5-8H2,1-4H3,(H,20,21)(H,22,23). The lowest BCUT2D eigenvalue weighted by molar-refractivity contribution is -0.147. The fourth-order valence-corrected chi connectivity index (χ4v) is 3.24. The average Bonchev–Trinajstić information content (AvgIpc) is 2.53. The van der Waals surface area contributed by atoms with Gasteiger partial charge in [-0.15, -0.1) is 0 Å². The molecule has 0 aliphatic heterocycles. The van der Waals surface area contributed by atoms with Gasteiger partial charge < -0.3 is 15.2 Å². The van der Waals surface area contributed by atoms with E-state index in [1.165, 1.54) is 0 Å². The van der Waals surface area contributed by atoms with Gasteiger partial charge in [0, 0.05) is 0 Å². The quantitative estimate of drug-likeness (QED) is 0.878. The first-order valence-electron chi connectivity index (χ1n) is 8.46. The van der Waals surface area contributed by atoms with Crippen molar-refractivity contribution in [1.29, 1.82) is 0 Å². The Morgan fingerprint density at radius 2 is 1.79 bits per heavy atom. The molecule has 0 spiro atoms. The largest absolute Gasteiger partial charge is 0.495 e. The zero-order chi connectivity index (χ0) is 17.9. The van der Waals surface area contributed by atoms with Crippen molar-refractivity contribution in [3.05, 3.63) is 23.8 Å². The molecular formula is C19H27NO4. The Balaban J connectivity index is 2.25. The van der Waals surface area contributed by atoms with E-state index in [-0.39, 0.29) is 11.3 Å². The number of nitrogens with one attached hydrogen (secondary N) is 1. The number of ether oxygens (including phenoxy) is 1. The lowest BCUT2D eigenvalue weighted by Gasteiger charge is -2.28. The van der Waals surface area contributed by atoms with Crippen LogP contribution in [0.1, 0.15) is 52.0 Å². The Hall–Kier alpha value is -2.04. The summed E-state index contributed by atoms with van der Waals surface area (Å²) in [5.41, 5.74) is 1.63. The molecule has 1 amide bonds. The van der Waals surface area contributed by atoms with E-state index in [2.05, 4.69) is 26.1 Å². The van der Waals surface area contributed by atoms with Gasteiger partial charge in [0.1, 0.15) is 5.75 Å². The lowest BCUT2D eigenvalue weighted by Crippen LogP contribution is -2.36. The van der Waals surface area contributed by atoms with Crippen LogP contribution < -0.4 is 10.1 Å². The van der Waals surface area contributed by atoms with E-state index in [9.17, 15) is 14.7 Å². The van der Waals surface area contributed by atoms with Crippen LogP contribution >= 0.6 is 0 Å². The summed E-state index contributed by atoms with van der Waals surface area (Å²) < 4.78 is 5.34. The Morgan fingerprint density at radius 1 is 1.17 bits per heavy atom. The van der Waals surface area contributed by atoms with Crippen molar-refractivity contribution in [2.45, 2.75) is 51.9 Å². The molecule has 0 aromatic heterocycles. The number of anilines is 1. The Bertz CT molecular complexity index is 618. The molecule has 1 aliphatic rings. The molecular weight excluding hydrogens is 306 g/mol. The van der Waals surface area contributed by atoms with E-state index in [1.54, 1.807) is 7.11 Å². The summed E-state index contributed by atoms with van der Waals surface area (Å²) in [6.45, 7) is 6.30. The monoisotopic (exact) mass is 333 g/mol. The highest BCUT2D eigenvalue weighted by Gasteiger charge is 2.36. The van der Waals surface area contributed by atoms with E-state index in [0.717, 1.165) is 18.4 Å². The van der Waals surface area contributed by atoms with E-state index >= 15 is 0 Å². The van der Waals surface area contributed by atoms with Crippen molar-refractivity contribution >= 4 is 17.6 Å². The number of benzene rings is 1. The first-order valence-corrected chi connectivity index (χ1v) is 8.46. The number of hydrogen-bond donors (Lipinski definition) is 2. The second kappa shape index (κ2) is 7.24. The van der Waals surface area contributed by atoms with Gasteiger partial charge in [0.15, 0.2) is 0 Å². The van der Waals surface area contributed by atoms with Crippen LogP contribution in [-0.4, -0.2) is 24.1 Å². The van der Waals surface area contributed by atoms with Crippen LogP contribution in [0.15, 0.2) is 18.2 Å². The van der Waals surface area contributed by atoms with Crippen LogP contribution in [0.5, 0.6) is 5.75 Å². The average molecular weight is 333 g/mol. The number of aliphatic carboxylic acids is 1. The zero-order valence-corrected chi connectivity index (χ0v) is 14.9. The van der Waals surface area contributed by atoms with Gasteiger partial charge in [-0.3, -0.25) is 9.59 Å². The van der Waals surface area contributed by atoms with Crippen LogP contribution in [0.2, 0.25) is 0 Å². The van der Waals surface area contributed by atoms with E-state index < -0.39 is 17.8 Å². The van der Waals surface area contributed by atoms with Gasteiger partial charge >= 0.3 is 5.97 Å². The normalized spacial score (nSPS) is 21.2. The van der Waals surface area contributed by atoms with Crippen LogP contribution in [0.25, 0.3) is 0 Å². The summed E-state index contributed by atoms with van der Waals surface area (Å²) in [7, 11) is 1.56. The van der Waals surface area contributed by atoms with Gasteiger partial charge in [-0.1, -0.05) is 39.7 Å². The minimum absolute atomic E-state index is 0.0554. The molecule has 2 atom stereocenters. The summed E-state index contributed by atoms with van der Waals surface area (Å²) in [6.07, 6.45) is 2.93. The van der Waals surface area contributed by atoms with Crippen molar-refractivity contribution in [3.8, 4) is 5.75 Å². The second-order valence-electron chi connectivity index (χ2n) is 7.49. The number of amides is 1. The summed E-state index contributed by atoms with van der Waals surface area (Å²) in [4.78, 5) is 24.1. The maximum absolute atomic E-state index is 12.7. The molecule has 5 heteroatoms. The van der Waals surface area contributed by atoms with Gasteiger partial charge in [0.2, 0.25) is 5.91 Å². The van der Waals surface area contributed by atoms with Crippen molar-refractivity contribution < 1.29 is 19.4 Å². The van der Waals surface area contributed by atoms with Crippen LogP contribution in [-0.2, 0) is 15.0 Å². The maximum atomic E-state index is 12.7. The Labute approximate surface area is 143 Å². The van der Waals surface area contributed by atoms with Crippen molar-refractivity contribution in [2.75, 3.05) is 12.4 Å².